The van der Waals surface area contributed by atoms with Gasteiger partial charge in [0.05, 0.1) is 0 Å². The molecule has 0 fully saturated rings. The van der Waals surface area contributed by atoms with Crippen LogP contribution in [0.25, 0.3) is 0 Å². The summed E-state index contributed by atoms with van der Waals surface area (Å²) in [6.07, 6.45) is 0.309. The van der Waals surface area contributed by atoms with Crippen molar-refractivity contribution in [3.05, 3.63) is 0 Å². The van der Waals surface area contributed by atoms with Gasteiger partial charge in [0.2, 0.25) is 0 Å². The molecule has 0 aliphatic carbocycles. The minimum absolute atomic E-state index is 0.243. The van der Waals surface area contributed by atoms with Gasteiger partial charge in [-0.3, -0.25) is 0 Å². The molecular formula is C6H10NO3Se. The fourth-order valence-electron chi connectivity index (χ4n) is 0.471. The molecule has 1 amide bonds. The van der Waals surface area contributed by atoms with Crippen molar-refractivity contribution in [1.29, 1.82) is 0 Å². The summed E-state index contributed by atoms with van der Waals surface area (Å²) in [6.45, 7) is 1.67. The van der Waals surface area contributed by atoms with Crippen LogP contribution in [0.2, 0.25) is 5.32 Å². The van der Waals surface area contributed by atoms with E-state index in [4.69, 9.17) is 5.11 Å². The van der Waals surface area contributed by atoms with E-state index in [2.05, 4.69) is 21.3 Å². The predicted molar refractivity (Wildman–Crippen MR) is 40.4 cm³/mol. The average Bonchev–Trinajstić information content (AvgIpc) is 1.99. The summed E-state index contributed by atoms with van der Waals surface area (Å²) < 4.78 is 0. The first-order valence-corrected chi connectivity index (χ1v) is 4.43. The maximum absolute atomic E-state index is 10.7. The van der Waals surface area contributed by atoms with Crippen LogP contribution >= 0.6 is 0 Å². The quantitative estimate of drug-likeness (QED) is 0.634. The Hall–Kier alpha value is -0.541. The van der Waals surface area contributed by atoms with Gasteiger partial charge in [-0.2, -0.15) is 0 Å². The van der Waals surface area contributed by atoms with E-state index in [1.165, 1.54) is 0 Å². The predicted octanol–water partition coefficient (Wildman–Crippen LogP) is -0.447. The van der Waals surface area contributed by atoms with Crippen LogP contribution < -0.4 is 5.32 Å². The van der Waals surface area contributed by atoms with Crippen LogP contribution in [-0.4, -0.2) is 39.0 Å². The Morgan fingerprint density at radius 2 is 2.18 bits per heavy atom. The van der Waals surface area contributed by atoms with E-state index in [0.717, 1.165) is 0 Å². The first-order valence-electron chi connectivity index (χ1n) is 3.22. The Morgan fingerprint density at radius 1 is 1.64 bits per heavy atom. The van der Waals surface area contributed by atoms with Crippen molar-refractivity contribution in [2.24, 2.45) is 0 Å². The number of hydrogen-bond acceptors (Lipinski definition) is 2. The van der Waals surface area contributed by atoms with E-state index in [1.807, 2.05) is 0 Å². The molecule has 5 heteroatoms. The van der Waals surface area contributed by atoms with Crippen LogP contribution in [0.3, 0.4) is 0 Å². The Bertz CT molecular complexity index is 160. The van der Waals surface area contributed by atoms with Gasteiger partial charge in [0, 0.05) is 0 Å². The fraction of sp³-hybridized carbons (Fsp3) is 0.667. The number of carboxylic acid groups (broad SMARTS) is 1. The number of amides is 1. The molecule has 0 rings (SSSR count). The number of carbonyl (C=O) groups excluding carboxylic acids is 1. The Labute approximate surface area is 73.2 Å². The zero-order valence-corrected chi connectivity index (χ0v) is 7.88. The normalized spacial score (nSPS) is 12.2. The van der Waals surface area contributed by atoms with Crippen LogP contribution in [0, 0.1) is 0 Å². The van der Waals surface area contributed by atoms with Gasteiger partial charge in [0.1, 0.15) is 0 Å². The standard InChI is InChI=1S/C6H10NO3Se/c1-2-5(8)7-4(3-11)6(9)10/h4H,2-3H2,1H3,(H,7,8)(H,9,10)/t4-/m0/s1. The second kappa shape index (κ2) is 5.15. The monoisotopic (exact) mass is 224 g/mol. The molecule has 0 bridgehead atoms. The molecule has 0 unspecified atom stereocenters. The molecule has 0 aromatic heterocycles. The third kappa shape index (κ3) is 4.01. The molecular weight excluding hydrogens is 213 g/mol. The molecule has 2 N–H and O–H groups in total. The van der Waals surface area contributed by atoms with Crippen molar-refractivity contribution >= 4 is 27.9 Å². The van der Waals surface area contributed by atoms with Crippen molar-refractivity contribution in [3.8, 4) is 0 Å². The summed E-state index contributed by atoms with van der Waals surface area (Å²) >= 11 is 2.56. The molecule has 1 atom stereocenters. The van der Waals surface area contributed by atoms with Crippen LogP contribution in [0.4, 0.5) is 0 Å². The third-order valence-electron chi connectivity index (χ3n) is 1.12. The summed E-state index contributed by atoms with van der Waals surface area (Å²) in [6, 6.07) is -0.789. The molecule has 11 heavy (non-hydrogen) atoms. The van der Waals surface area contributed by atoms with E-state index in [9.17, 15) is 9.59 Å². The van der Waals surface area contributed by atoms with Crippen molar-refractivity contribution in [3.63, 3.8) is 0 Å². The first kappa shape index (κ1) is 10.5. The summed E-state index contributed by atoms with van der Waals surface area (Å²) in [5.41, 5.74) is 0. The van der Waals surface area contributed by atoms with Crippen LogP contribution in [0.15, 0.2) is 0 Å². The average molecular weight is 223 g/mol. The van der Waals surface area contributed by atoms with Gasteiger partial charge in [-0.25, -0.2) is 0 Å². The first-order chi connectivity index (χ1) is 5.11. The summed E-state index contributed by atoms with van der Waals surface area (Å²) in [4.78, 5) is 21.0. The fourth-order valence-corrected chi connectivity index (χ4v) is 0.945. The zero-order chi connectivity index (χ0) is 8.85. The molecule has 0 aromatic rings. The van der Waals surface area contributed by atoms with Gasteiger partial charge in [0.25, 0.3) is 0 Å². The Morgan fingerprint density at radius 3 is 2.45 bits per heavy atom. The maximum atomic E-state index is 10.7. The SMILES string of the molecule is CCC(=O)N[C@@H](C[Se])C(=O)O. The van der Waals surface area contributed by atoms with Gasteiger partial charge in [-0.15, -0.1) is 0 Å². The molecule has 4 nitrogen and oxygen atoms in total. The second-order valence-electron chi connectivity index (χ2n) is 1.98. The van der Waals surface area contributed by atoms with Gasteiger partial charge in [0.15, 0.2) is 0 Å². The minimum atomic E-state index is -1.01. The topological polar surface area (TPSA) is 66.4 Å². The van der Waals surface area contributed by atoms with E-state index in [0.29, 0.717) is 11.7 Å². The zero-order valence-electron chi connectivity index (χ0n) is 6.16. The molecule has 0 spiro atoms. The molecule has 0 saturated heterocycles. The number of rotatable bonds is 4. The van der Waals surface area contributed by atoms with Crippen LogP contribution in [0.5, 0.6) is 0 Å². The van der Waals surface area contributed by atoms with Crippen molar-refractivity contribution in [2.75, 3.05) is 0 Å². The molecule has 0 aliphatic rings. The molecule has 0 aromatic carbocycles. The number of aliphatic carboxylic acids is 1. The molecule has 63 valence electrons. The molecule has 0 aliphatic heterocycles. The summed E-state index contributed by atoms with van der Waals surface area (Å²) in [5.74, 6) is -1.25. The van der Waals surface area contributed by atoms with Crippen molar-refractivity contribution in [2.45, 2.75) is 24.7 Å². The van der Waals surface area contributed by atoms with Gasteiger partial charge < -0.3 is 0 Å². The number of hydrogen-bond donors (Lipinski definition) is 2. The van der Waals surface area contributed by atoms with E-state index < -0.39 is 12.0 Å². The van der Waals surface area contributed by atoms with Gasteiger partial charge in [-0.05, 0) is 0 Å². The van der Waals surface area contributed by atoms with Gasteiger partial charge in [-0.1, -0.05) is 0 Å². The second-order valence-corrected chi connectivity index (χ2v) is 2.68. The third-order valence-corrected chi connectivity index (χ3v) is 1.82. The number of carboxylic acids is 1. The van der Waals surface area contributed by atoms with E-state index in [-0.39, 0.29) is 5.91 Å². The molecule has 1 radical (unpaired) electrons. The van der Waals surface area contributed by atoms with Gasteiger partial charge >= 0.3 is 72.6 Å². The Kier molecular flexibility index (Phi) is 4.90. The Balaban J connectivity index is 3.88. The summed E-state index contributed by atoms with van der Waals surface area (Å²) in [5, 5.41) is 11.1. The molecule has 0 saturated carbocycles. The summed E-state index contributed by atoms with van der Waals surface area (Å²) in [7, 11) is 0. The molecule has 0 heterocycles. The number of nitrogens with one attached hydrogen (secondary N) is 1. The van der Waals surface area contributed by atoms with E-state index in [1.54, 1.807) is 6.92 Å². The van der Waals surface area contributed by atoms with Crippen molar-refractivity contribution in [1.82, 2.24) is 5.32 Å². The van der Waals surface area contributed by atoms with Crippen molar-refractivity contribution < 1.29 is 14.7 Å². The van der Waals surface area contributed by atoms with Crippen LogP contribution in [-0.2, 0) is 9.59 Å². The van der Waals surface area contributed by atoms with Crippen LogP contribution in [0.1, 0.15) is 13.3 Å². The van der Waals surface area contributed by atoms with E-state index >= 15 is 0 Å². The number of carbonyl (C=O) groups is 2.